The number of hydrogen-bond donors (Lipinski definition) is 2. The van der Waals surface area contributed by atoms with Gasteiger partial charge in [-0.25, -0.2) is 4.39 Å². The van der Waals surface area contributed by atoms with Gasteiger partial charge in [0.05, 0.1) is 7.11 Å². The molecule has 1 aromatic rings. The highest BCUT2D eigenvalue weighted by Gasteiger charge is 2.18. The molecule has 1 fully saturated rings. The van der Waals surface area contributed by atoms with E-state index in [1.165, 1.54) is 39.2 Å². The molecule has 1 atom stereocenters. The minimum Gasteiger partial charge on any atom is -0.494 e. The monoisotopic (exact) mass is 280 g/mol. The van der Waals surface area contributed by atoms with E-state index in [0.717, 1.165) is 12.3 Å². The van der Waals surface area contributed by atoms with E-state index < -0.39 is 0 Å². The molecular weight excluding hydrogens is 255 g/mol. The zero-order valence-electron chi connectivity index (χ0n) is 12.2. The molecule has 3 N–H and O–H groups in total. The molecule has 0 heterocycles. The van der Waals surface area contributed by atoms with Gasteiger partial charge in [0.25, 0.3) is 0 Å². The Kier molecular flexibility index (Phi) is 5.80. The summed E-state index contributed by atoms with van der Waals surface area (Å²) in [7, 11) is 1.49. The number of hydrazine groups is 1. The largest absolute Gasteiger partial charge is 0.494 e. The molecular formula is C16H25FN2O. The van der Waals surface area contributed by atoms with E-state index >= 15 is 0 Å². The Balaban J connectivity index is 1.91. The van der Waals surface area contributed by atoms with Crippen molar-refractivity contribution in [3.63, 3.8) is 0 Å². The number of nitrogens with two attached hydrogens (primary N) is 1. The van der Waals surface area contributed by atoms with E-state index in [-0.39, 0.29) is 11.9 Å². The molecule has 0 saturated heterocycles. The highest BCUT2D eigenvalue weighted by atomic mass is 19.1. The van der Waals surface area contributed by atoms with Crippen LogP contribution in [0.3, 0.4) is 0 Å². The Morgan fingerprint density at radius 2 is 2.15 bits per heavy atom. The minimum absolute atomic E-state index is 0.122. The number of nitrogens with one attached hydrogen (secondary N) is 1. The molecule has 1 aliphatic carbocycles. The lowest BCUT2D eigenvalue weighted by molar-refractivity contribution is 0.377. The molecule has 0 amide bonds. The van der Waals surface area contributed by atoms with Crippen molar-refractivity contribution in [2.24, 2.45) is 11.8 Å². The van der Waals surface area contributed by atoms with Crippen LogP contribution in [0.2, 0.25) is 0 Å². The summed E-state index contributed by atoms with van der Waals surface area (Å²) in [4.78, 5) is 0. The summed E-state index contributed by atoms with van der Waals surface area (Å²) in [6.07, 6.45) is 8.17. The fourth-order valence-corrected chi connectivity index (χ4v) is 3.12. The van der Waals surface area contributed by atoms with Crippen molar-refractivity contribution in [3.8, 4) is 5.75 Å². The van der Waals surface area contributed by atoms with Gasteiger partial charge in [-0.15, -0.1) is 0 Å². The summed E-state index contributed by atoms with van der Waals surface area (Å²) in [5.41, 5.74) is 3.50. The minimum atomic E-state index is -0.267. The van der Waals surface area contributed by atoms with Crippen LogP contribution in [0.15, 0.2) is 18.2 Å². The van der Waals surface area contributed by atoms with E-state index in [1.54, 1.807) is 12.1 Å². The van der Waals surface area contributed by atoms with Crippen LogP contribution in [0.5, 0.6) is 5.75 Å². The quantitative estimate of drug-likeness (QED) is 0.595. The number of methoxy groups -OCH3 is 1. The SMILES string of the molecule is COc1cccc(CC(CCC2CCCC2)NN)c1F. The predicted octanol–water partition coefficient (Wildman–Crippen LogP) is 3.18. The van der Waals surface area contributed by atoms with Gasteiger partial charge in [0, 0.05) is 6.04 Å². The maximum absolute atomic E-state index is 14.1. The van der Waals surface area contributed by atoms with Gasteiger partial charge < -0.3 is 4.74 Å². The highest BCUT2D eigenvalue weighted by molar-refractivity contribution is 5.31. The van der Waals surface area contributed by atoms with Crippen LogP contribution >= 0.6 is 0 Å². The van der Waals surface area contributed by atoms with Crippen molar-refractivity contribution >= 4 is 0 Å². The van der Waals surface area contributed by atoms with Crippen LogP contribution in [-0.4, -0.2) is 13.2 Å². The Hall–Kier alpha value is -1.13. The maximum atomic E-state index is 14.1. The average molecular weight is 280 g/mol. The zero-order chi connectivity index (χ0) is 14.4. The standard InChI is InChI=1S/C16H25FN2O/c1-20-15-8-4-7-13(16(15)17)11-14(19-18)10-9-12-5-2-3-6-12/h4,7-8,12,14,19H,2-3,5-6,9-11,18H2,1H3. The third-order valence-electron chi connectivity index (χ3n) is 4.36. The molecule has 1 unspecified atom stereocenters. The number of halogens is 1. The Labute approximate surface area is 120 Å². The summed E-state index contributed by atoms with van der Waals surface area (Å²) >= 11 is 0. The molecule has 1 aliphatic rings. The second-order valence-corrected chi connectivity index (χ2v) is 5.73. The summed E-state index contributed by atoms with van der Waals surface area (Å²) < 4.78 is 19.1. The van der Waals surface area contributed by atoms with E-state index in [4.69, 9.17) is 10.6 Å². The molecule has 2 rings (SSSR count). The highest BCUT2D eigenvalue weighted by Crippen LogP contribution is 2.29. The van der Waals surface area contributed by atoms with Gasteiger partial charge >= 0.3 is 0 Å². The lowest BCUT2D eigenvalue weighted by atomic mass is 9.95. The number of rotatable bonds is 7. The van der Waals surface area contributed by atoms with E-state index in [9.17, 15) is 4.39 Å². The van der Waals surface area contributed by atoms with Crippen LogP contribution in [-0.2, 0) is 6.42 Å². The Morgan fingerprint density at radius 1 is 1.40 bits per heavy atom. The van der Waals surface area contributed by atoms with E-state index in [2.05, 4.69) is 5.43 Å². The van der Waals surface area contributed by atoms with Crippen molar-refractivity contribution < 1.29 is 9.13 Å². The first kappa shape index (κ1) is 15.3. The number of hydrogen-bond acceptors (Lipinski definition) is 3. The molecule has 0 aromatic heterocycles. The number of ether oxygens (including phenoxy) is 1. The van der Waals surface area contributed by atoms with Crippen LogP contribution in [0.4, 0.5) is 4.39 Å². The van der Waals surface area contributed by atoms with E-state index in [0.29, 0.717) is 17.7 Å². The first-order valence-electron chi connectivity index (χ1n) is 7.52. The van der Waals surface area contributed by atoms with Crippen molar-refractivity contribution in [2.45, 2.75) is 51.0 Å². The molecule has 0 bridgehead atoms. The fourth-order valence-electron chi connectivity index (χ4n) is 3.12. The molecule has 0 aliphatic heterocycles. The normalized spacial score (nSPS) is 17.4. The first-order chi connectivity index (χ1) is 9.74. The summed E-state index contributed by atoms with van der Waals surface area (Å²) in [6, 6.07) is 5.39. The Morgan fingerprint density at radius 3 is 2.80 bits per heavy atom. The first-order valence-corrected chi connectivity index (χ1v) is 7.52. The third kappa shape index (κ3) is 3.93. The molecule has 1 aromatic carbocycles. The van der Waals surface area contributed by atoms with Gasteiger partial charge in [-0.1, -0.05) is 37.8 Å². The molecule has 4 heteroatoms. The van der Waals surface area contributed by atoms with Gasteiger partial charge in [0.15, 0.2) is 11.6 Å². The lowest BCUT2D eigenvalue weighted by Gasteiger charge is -2.19. The molecule has 1 saturated carbocycles. The van der Waals surface area contributed by atoms with Crippen LogP contribution < -0.4 is 16.0 Å². The van der Waals surface area contributed by atoms with Gasteiger partial charge in [0.2, 0.25) is 0 Å². The van der Waals surface area contributed by atoms with Gasteiger partial charge in [-0.3, -0.25) is 11.3 Å². The van der Waals surface area contributed by atoms with Crippen LogP contribution in [0, 0.1) is 11.7 Å². The molecule has 112 valence electrons. The van der Waals surface area contributed by atoms with Gasteiger partial charge in [0.1, 0.15) is 0 Å². The molecule has 0 spiro atoms. The van der Waals surface area contributed by atoms with Crippen molar-refractivity contribution in [2.75, 3.05) is 7.11 Å². The van der Waals surface area contributed by atoms with Gasteiger partial charge in [-0.05, 0) is 36.8 Å². The topological polar surface area (TPSA) is 47.3 Å². The van der Waals surface area contributed by atoms with Crippen molar-refractivity contribution in [1.82, 2.24) is 5.43 Å². The average Bonchev–Trinajstić information content (AvgIpc) is 2.98. The fraction of sp³-hybridized carbons (Fsp3) is 0.625. The van der Waals surface area contributed by atoms with Crippen molar-refractivity contribution in [1.29, 1.82) is 0 Å². The van der Waals surface area contributed by atoms with Crippen LogP contribution in [0.25, 0.3) is 0 Å². The maximum Gasteiger partial charge on any atom is 0.168 e. The van der Waals surface area contributed by atoms with Gasteiger partial charge in [-0.2, -0.15) is 0 Å². The number of benzene rings is 1. The predicted molar refractivity (Wildman–Crippen MR) is 79.0 cm³/mol. The summed E-state index contributed by atoms with van der Waals surface area (Å²) in [5, 5.41) is 0. The lowest BCUT2D eigenvalue weighted by Crippen LogP contribution is -2.37. The molecule has 3 nitrogen and oxygen atoms in total. The van der Waals surface area contributed by atoms with Crippen LogP contribution in [0.1, 0.15) is 44.1 Å². The zero-order valence-corrected chi connectivity index (χ0v) is 12.2. The smallest absolute Gasteiger partial charge is 0.168 e. The second kappa shape index (κ2) is 7.60. The summed E-state index contributed by atoms with van der Waals surface area (Å²) in [6.45, 7) is 0. The van der Waals surface area contributed by atoms with Crippen molar-refractivity contribution in [3.05, 3.63) is 29.6 Å². The second-order valence-electron chi connectivity index (χ2n) is 5.73. The van der Waals surface area contributed by atoms with E-state index in [1.807, 2.05) is 6.07 Å². The third-order valence-corrected chi connectivity index (χ3v) is 4.36. The molecule has 20 heavy (non-hydrogen) atoms. The summed E-state index contributed by atoms with van der Waals surface area (Å²) in [5.74, 6) is 6.49. The Bertz CT molecular complexity index is 419. The molecule has 0 radical (unpaired) electrons.